The van der Waals surface area contributed by atoms with Gasteiger partial charge >= 0.3 is 0 Å². The second-order valence-electron chi connectivity index (χ2n) is 4.48. The largest absolute Gasteiger partial charge is 0.508 e. The van der Waals surface area contributed by atoms with E-state index in [2.05, 4.69) is 22.5 Å². The van der Waals surface area contributed by atoms with Gasteiger partial charge in [-0.25, -0.2) is 4.98 Å². The third-order valence-corrected chi connectivity index (χ3v) is 3.29. The van der Waals surface area contributed by atoms with Crippen LogP contribution < -0.4 is 0 Å². The molecule has 18 heavy (non-hydrogen) atoms. The molecule has 0 aliphatic rings. The summed E-state index contributed by atoms with van der Waals surface area (Å²) in [5.74, 6) is 0.287. The Labute approximate surface area is 105 Å². The first-order chi connectivity index (χ1) is 8.65. The molecule has 90 valence electrons. The van der Waals surface area contributed by atoms with Gasteiger partial charge in [0.1, 0.15) is 11.4 Å². The Kier molecular flexibility index (Phi) is 2.33. The maximum Gasteiger partial charge on any atom is 0.137 e. The van der Waals surface area contributed by atoms with Crippen LogP contribution >= 0.6 is 0 Å². The highest BCUT2D eigenvalue weighted by molar-refractivity contribution is 5.65. The minimum atomic E-state index is 0.287. The van der Waals surface area contributed by atoms with Gasteiger partial charge in [0.05, 0.1) is 5.69 Å². The molecule has 1 aromatic carbocycles. The summed E-state index contributed by atoms with van der Waals surface area (Å²) < 4.78 is 2.09. The number of pyridine rings is 1. The molecule has 0 spiro atoms. The molecule has 0 amide bonds. The van der Waals surface area contributed by atoms with E-state index in [1.807, 2.05) is 31.2 Å². The lowest BCUT2D eigenvalue weighted by molar-refractivity contribution is 0.475. The van der Waals surface area contributed by atoms with Crippen LogP contribution in [0.2, 0.25) is 0 Å². The van der Waals surface area contributed by atoms with E-state index in [4.69, 9.17) is 0 Å². The van der Waals surface area contributed by atoms with E-state index in [1.165, 1.54) is 0 Å². The van der Waals surface area contributed by atoms with Crippen LogP contribution in [0.5, 0.6) is 5.75 Å². The molecule has 2 aromatic heterocycles. The monoisotopic (exact) mass is 238 g/mol. The molecule has 1 N–H and O–H groups in total. The third kappa shape index (κ3) is 1.64. The van der Waals surface area contributed by atoms with Crippen LogP contribution in [0.1, 0.15) is 11.4 Å². The number of nitrogens with zero attached hydrogens (tertiary/aromatic N) is 2. The molecule has 0 radical (unpaired) electrons. The predicted molar refractivity (Wildman–Crippen MR) is 71.8 cm³/mol. The van der Waals surface area contributed by atoms with Crippen molar-refractivity contribution in [1.29, 1.82) is 0 Å². The van der Waals surface area contributed by atoms with Crippen molar-refractivity contribution in [3.05, 3.63) is 54.0 Å². The molecule has 3 aromatic rings. The number of phenolic OH excluding ortho intramolecular Hbond substituents is 1. The number of hydrogen-bond acceptors (Lipinski definition) is 2. The van der Waals surface area contributed by atoms with Crippen molar-refractivity contribution >= 4 is 5.65 Å². The first-order valence-electron chi connectivity index (χ1n) is 5.90. The first-order valence-corrected chi connectivity index (χ1v) is 5.90. The van der Waals surface area contributed by atoms with Crippen molar-refractivity contribution in [2.24, 2.45) is 0 Å². The molecule has 0 fully saturated rings. The number of fused-ring (bicyclic) bond motifs is 1. The van der Waals surface area contributed by atoms with E-state index in [9.17, 15) is 5.11 Å². The summed E-state index contributed by atoms with van der Waals surface area (Å²) in [5.41, 5.74) is 5.37. The zero-order valence-corrected chi connectivity index (χ0v) is 10.4. The van der Waals surface area contributed by atoms with Crippen LogP contribution in [-0.4, -0.2) is 14.5 Å². The Morgan fingerprint density at radius 1 is 0.944 bits per heavy atom. The molecule has 0 unspecified atom stereocenters. The number of hydrogen-bond donors (Lipinski definition) is 1. The van der Waals surface area contributed by atoms with Gasteiger partial charge < -0.3 is 9.51 Å². The van der Waals surface area contributed by atoms with Gasteiger partial charge in [-0.2, -0.15) is 0 Å². The molecule has 0 atom stereocenters. The van der Waals surface area contributed by atoms with Crippen LogP contribution in [0, 0.1) is 13.8 Å². The smallest absolute Gasteiger partial charge is 0.137 e. The molecule has 0 aliphatic carbocycles. The lowest BCUT2D eigenvalue weighted by atomic mass is 10.1. The fourth-order valence-corrected chi connectivity index (χ4v) is 2.10. The Morgan fingerprint density at radius 2 is 1.61 bits per heavy atom. The number of imidazole rings is 1. The van der Waals surface area contributed by atoms with Crippen molar-refractivity contribution in [2.45, 2.75) is 13.8 Å². The number of aryl methyl sites for hydroxylation is 2. The van der Waals surface area contributed by atoms with Crippen molar-refractivity contribution in [2.75, 3.05) is 0 Å². The van der Waals surface area contributed by atoms with Crippen molar-refractivity contribution in [3.63, 3.8) is 0 Å². The van der Waals surface area contributed by atoms with Crippen molar-refractivity contribution < 1.29 is 5.11 Å². The summed E-state index contributed by atoms with van der Waals surface area (Å²) in [4.78, 5) is 4.48. The second kappa shape index (κ2) is 3.88. The molecule has 2 heterocycles. The molecule has 0 aliphatic heterocycles. The minimum absolute atomic E-state index is 0.287. The van der Waals surface area contributed by atoms with Gasteiger partial charge in [-0.05, 0) is 49.2 Å². The SMILES string of the molecule is Cc1nc2ccc(-c3ccc(O)cc3)cn2c1C. The van der Waals surface area contributed by atoms with Gasteiger partial charge in [0.2, 0.25) is 0 Å². The van der Waals surface area contributed by atoms with Gasteiger partial charge in [0.25, 0.3) is 0 Å². The fourth-order valence-electron chi connectivity index (χ4n) is 2.10. The summed E-state index contributed by atoms with van der Waals surface area (Å²) in [6.45, 7) is 4.08. The van der Waals surface area contributed by atoms with E-state index >= 15 is 0 Å². The lowest BCUT2D eigenvalue weighted by Crippen LogP contribution is -1.89. The summed E-state index contributed by atoms with van der Waals surface area (Å²) in [6.07, 6.45) is 2.08. The number of benzene rings is 1. The molecule has 3 heteroatoms. The van der Waals surface area contributed by atoms with Crippen molar-refractivity contribution in [3.8, 4) is 16.9 Å². The van der Waals surface area contributed by atoms with E-state index < -0.39 is 0 Å². The fraction of sp³-hybridized carbons (Fsp3) is 0.133. The standard InChI is InChI=1S/C15H14N2O/c1-10-11(2)17-9-13(5-8-15(17)16-10)12-3-6-14(18)7-4-12/h3-9,18H,1-2H3. The van der Waals surface area contributed by atoms with E-state index in [1.54, 1.807) is 12.1 Å². The van der Waals surface area contributed by atoms with Gasteiger partial charge in [-0.1, -0.05) is 12.1 Å². The van der Waals surface area contributed by atoms with E-state index in [0.717, 1.165) is 28.2 Å². The Hall–Kier alpha value is -2.29. The maximum absolute atomic E-state index is 9.31. The highest BCUT2D eigenvalue weighted by Crippen LogP contribution is 2.23. The zero-order chi connectivity index (χ0) is 12.7. The predicted octanol–water partition coefficient (Wildman–Crippen LogP) is 3.32. The number of rotatable bonds is 1. The number of aromatic hydroxyl groups is 1. The van der Waals surface area contributed by atoms with Crippen LogP contribution in [0.3, 0.4) is 0 Å². The minimum Gasteiger partial charge on any atom is -0.508 e. The summed E-state index contributed by atoms with van der Waals surface area (Å²) in [7, 11) is 0. The molecule has 3 rings (SSSR count). The quantitative estimate of drug-likeness (QED) is 0.706. The molecule has 3 nitrogen and oxygen atoms in total. The van der Waals surface area contributed by atoms with Crippen LogP contribution in [0.15, 0.2) is 42.6 Å². The summed E-state index contributed by atoms with van der Waals surface area (Å²) in [6, 6.07) is 11.3. The second-order valence-corrected chi connectivity index (χ2v) is 4.48. The van der Waals surface area contributed by atoms with Gasteiger partial charge in [-0.3, -0.25) is 0 Å². The zero-order valence-electron chi connectivity index (χ0n) is 10.4. The van der Waals surface area contributed by atoms with Gasteiger partial charge in [0.15, 0.2) is 0 Å². The Bertz CT molecular complexity index is 711. The third-order valence-electron chi connectivity index (χ3n) is 3.29. The summed E-state index contributed by atoms with van der Waals surface area (Å²) in [5, 5.41) is 9.31. The van der Waals surface area contributed by atoms with Crippen LogP contribution in [-0.2, 0) is 0 Å². The molecule has 0 saturated heterocycles. The number of aromatic nitrogens is 2. The first kappa shape index (κ1) is 10.8. The highest BCUT2D eigenvalue weighted by atomic mass is 16.3. The van der Waals surface area contributed by atoms with Crippen LogP contribution in [0.25, 0.3) is 16.8 Å². The van der Waals surface area contributed by atoms with E-state index in [0.29, 0.717) is 0 Å². The number of phenols is 1. The maximum atomic E-state index is 9.31. The topological polar surface area (TPSA) is 37.5 Å². The molecular formula is C15H14N2O. The van der Waals surface area contributed by atoms with Crippen molar-refractivity contribution in [1.82, 2.24) is 9.38 Å². The normalized spacial score (nSPS) is 11.0. The lowest BCUT2D eigenvalue weighted by Gasteiger charge is -2.04. The molecule has 0 bridgehead atoms. The van der Waals surface area contributed by atoms with Crippen LogP contribution in [0.4, 0.5) is 0 Å². The Morgan fingerprint density at radius 3 is 2.33 bits per heavy atom. The van der Waals surface area contributed by atoms with Gasteiger partial charge in [-0.15, -0.1) is 0 Å². The van der Waals surface area contributed by atoms with E-state index in [-0.39, 0.29) is 5.75 Å². The molecule has 0 saturated carbocycles. The average Bonchev–Trinajstić information content (AvgIpc) is 2.66. The average molecular weight is 238 g/mol. The molecular weight excluding hydrogens is 224 g/mol. The van der Waals surface area contributed by atoms with Gasteiger partial charge in [0, 0.05) is 11.9 Å². The highest BCUT2D eigenvalue weighted by Gasteiger charge is 2.05. The summed E-state index contributed by atoms with van der Waals surface area (Å²) >= 11 is 0. The Balaban J connectivity index is 2.18.